The van der Waals surface area contributed by atoms with Gasteiger partial charge >= 0.3 is 0 Å². The van der Waals surface area contributed by atoms with Gasteiger partial charge < -0.3 is 20.3 Å². The number of methoxy groups -OCH3 is 1. The van der Waals surface area contributed by atoms with E-state index in [0.717, 1.165) is 37.4 Å². The van der Waals surface area contributed by atoms with Gasteiger partial charge in [0.1, 0.15) is 5.75 Å². The quantitative estimate of drug-likeness (QED) is 0.847. The van der Waals surface area contributed by atoms with Crippen molar-refractivity contribution in [3.8, 4) is 5.75 Å². The topological polar surface area (TPSA) is 53.6 Å². The Bertz CT molecular complexity index is 654. The number of carbonyl (C=O) groups excluding carboxylic acids is 1. The zero-order chi connectivity index (χ0) is 18.1. The van der Waals surface area contributed by atoms with Gasteiger partial charge in [-0.2, -0.15) is 0 Å². The summed E-state index contributed by atoms with van der Waals surface area (Å²) >= 11 is 6.16. The van der Waals surface area contributed by atoms with Crippen LogP contribution in [0.2, 0.25) is 5.02 Å². The van der Waals surface area contributed by atoms with Gasteiger partial charge in [-0.25, -0.2) is 0 Å². The minimum Gasteiger partial charge on any atom is -0.495 e. The molecule has 4 unspecified atom stereocenters. The molecule has 2 aliphatic heterocycles. The molecule has 2 N–H and O–H groups in total. The maximum atomic E-state index is 12.7. The highest BCUT2D eigenvalue weighted by atomic mass is 35.5. The molecule has 4 rings (SSSR count). The van der Waals surface area contributed by atoms with Gasteiger partial charge in [0, 0.05) is 30.2 Å². The number of hydrogen-bond acceptors (Lipinski definition) is 4. The van der Waals surface area contributed by atoms with E-state index in [1.165, 1.54) is 25.7 Å². The molecule has 1 amide bonds. The number of halogens is 1. The summed E-state index contributed by atoms with van der Waals surface area (Å²) in [5.74, 6) is 1.68. The number of nitrogens with one attached hydrogen (secondary N) is 2. The van der Waals surface area contributed by atoms with Gasteiger partial charge in [-0.3, -0.25) is 4.79 Å². The van der Waals surface area contributed by atoms with Gasteiger partial charge in [0.05, 0.1) is 18.8 Å². The predicted octanol–water partition coefficient (Wildman–Crippen LogP) is 2.96. The highest BCUT2D eigenvalue weighted by Crippen LogP contribution is 2.35. The first kappa shape index (κ1) is 17.9. The smallest absolute Gasteiger partial charge is 0.237 e. The fourth-order valence-electron chi connectivity index (χ4n) is 4.83. The van der Waals surface area contributed by atoms with Gasteiger partial charge in [0.15, 0.2) is 0 Å². The summed E-state index contributed by atoms with van der Waals surface area (Å²) in [5, 5.41) is 7.54. The average molecular weight is 378 g/mol. The lowest BCUT2D eigenvalue weighted by Crippen LogP contribution is -2.47. The van der Waals surface area contributed by atoms with E-state index in [-0.39, 0.29) is 18.0 Å². The third-order valence-corrected chi connectivity index (χ3v) is 6.43. The van der Waals surface area contributed by atoms with Crippen molar-refractivity contribution in [3.05, 3.63) is 23.2 Å². The Kier molecular flexibility index (Phi) is 5.28. The lowest BCUT2D eigenvalue weighted by atomic mass is 9.85. The molecule has 3 fully saturated rings. The number of ether oxygens (including phenoxy) is 1. The maximum absolute atomic E-state index is 12.7. The summed E-state index contributed by atoms with van der Waals surface area (Å²) in [5.41, 5.74) is 1.00. The molecule has 1 saturated carbocycles. The number of anilines is 1. The number of amides is 1. The van der Waals surface area contributed by atoms with Crippen molar-refractivity contribution >= 4 is 23.2 Å². The van der Waals surface area contributed by atoms with Crippen molar-refractivity contribution < 1.29 is 9.53 Å². The second kappa shape index (κ2) is 7.65. The summed E-state index contributed by atoms with van der Waals surface area (Å²) in [7, 11) is 1.67. The second-order valence-electron chi connectivity index (χ2n) is 7.86. The molecule has 1 aliphatic carbocycles. The zero-order valence-corrected chi connectivity index (χ0v) is 16.1. The molecule has 0 aromatic heterocycles. The third-order valence-electron chi connectivity index (χ3n) is 6.20. The van der Waals surface area contributed by atoms with Gasteiger partial charge in [-0.05, 0) is 49.8 Å². The minimum atomic E-state index is -0.0159. The van der Waals surface area contributed by atoms with E-state index in [9.17, 15) is 4.79 Å². The third kappa shape index (κ3) is 3.65. The fourth-order valence-corrected chi connectivity index (χ4v) is 5.00. The molecule has 1 aromatic carbocycles. The Hall–Kier alpha value is -1.46. The van der Waals surface area contributed by atoms with Crippen LogP contribution in [0, 0.1) is 5.92 Å². The Morgan fingerprint density at radius 3 is 2.96 bits per heavy atom. The summed E-state index contributed by atoms with van der Waals surface area (Å²) in [6.45, 7) is 1.69. The van der Waals surface area contributed by atoms with E-state index in [2.05, 4.69) is 15.5 Å². The van der Waals surface area contributed by atoms with E-state index in [1.807, 2.05) is 18.2 Å². The maximum Gasteiger partial charge on any atom is 0.237 e. The van der Waals surface area contributed by atoms with E-state index >= 15 is 0 Å². The van der Waals surface area contributed by atoms with Gasteiger partial charge in [0.2, 0.25) is 5.91 Å². The molecule has 2 saturated heterocycles. The van der Waals surface area contributed by atoms with Gasteiger partial charge in [0.25, 0.3) is 0 Å². The summed E-state index contributed by atoms with van der Waals surface area (Å²) in [4.78, 5) is 15.0. The molecular weight excluding hydrogens is 350 g/mol. The van der Waals surface area contributed by atoms with E-state index in [0.29, 0.717) is 17.0 Å². The van der Waals surface area contributed by atoms with Crippen molar-refractivity contribution in [2.24, 2.45) is 5.92 Å². The van der Waals surface area contributed by atoms with Crippen molar-refractivity contribution in [1.82, 2.24) is 10.6 Å². The average Bonchev–Trinajstić information content (AvgIpc) is 3.28. The van der Waals surface area contributed by atoms with Crippen LogP contribution in [0.4, 0.5) is 5.69 Å². The Balaban J connectivity index is 1.34. The van der Waals surface area contributed by atoms with Crippen LogP contribution in [0.15, 0.2) is 18.2 Å². The van der Waals surface area contributed by atoms with Crippen molar-refractivity contribution in [1.29, 1.82) is 0 Å². The first-order valence-corrected chi connectivity index (χ1v) is 10.2. The highest BCUT2D eigenvalue weighted by molar-refractivity contribution is 6.30. The first-order chi connectivity index (χ1) is 12.6. The molecule has 142 valence electrons. The normalized spacial score (nSPS) is 30.9. The van der Waals surface area contributed by atoms with Crippen LogP contribution in [-0.4, -0.2) is 44.2 Å². The summed E-state index contributed by atoms with van der Waals surface area (Å²) in [6, 6.07) is 6.38. The Morgan fingerprint density at radius 1 is 1.31 bits per heavy atom. The molecule has 0 bridgehead atoms. The number of rotatable bonds is 4. The predicted molar refractivity (Wildman–Crippen MR) is 104 cm³/mol. The Morgan fingerprint density at radius 2 is 2.15 bits per heavy atom. The zero-order valence-electron chi connectivity index (χ0n) is 15.3. The molecule has 26 heavy (non-hydrogen) atoms. The molecule has 5 nitrogen and oxygen atoms in total. The van der Waals surface area contributed by atoms with Gasteiger partial charge in [-0.15, -0.1) is 0 Å². The summed E-state index contributed by atoms with van der Waals surface area (Å²) in [6.07, 6.45) is 7.04. The van der Waals surface area contributed by atoms with Crippen LogP contribution >= 0.6 is 11.6 Å². The molecular formula is C20H28ClN3O2. The van der Waals surface area contributed by atoms with Crippen molar-refractivity contribution in [2.45, 2.75) is 56.7 Å². The largest absolute Gasteiger partial charge is 0.495 e. The molecule has 6 heteroatoms. The van der Waals surface area contributed by atoms with Crippen LogP contribution in [0.3, 0.4) is 0 Å². The molecule has 3 aliphatic rings. The number of nitrogens with zero attached hydrogens (tertiary/aromatic N) is 1. The highest BCUT2D eigenvalue weighted by Gasteiger charge is 2.39. The number of carbonyl (C=O) groups is 1. The lowest BCUT2D eigenvalue weighted by Gasteiger charge is -2.24. The van der Waals surface area contributed by atoms with Crippen LogP contribution in [-0.2, 0) is 4.79 Å². The molecule has 0 radical (unpaired) electrons. The van der Waals surface area contributed by atoms with Crippen LogP contribution < -0.4 is 20.3 Å². The second-order valence-corrected chi connectivity index (χ2v) is 8.30. The molecule has 1 aromatic rings. The van der Waals surface area contributed by atoms with E-state index < -0.39 is 0 Å². The number of benzene rings is 1. The molecule has 4 atom stereocenters. The van der Waals surface area contributed by atoms with Crippen LogP contribution in [0.25, 0.3) is 0 Å². The monoisotopic (exact) mass is 377 g/mol. The van der Waals surface area contributed by atoms with Gasteiger partial charge in [-0.1, -0.05) is 24.4 Å². The fraction of sp³-hybridized carbons (Fsp3) is 0.650. The first-order valence-electron chi connectivity index (χ1n) is 9.79. The lowest BCUT2D eigenvalue weighted by molar-refractivity contribution is -0.123. The van der Waals surface area contributed by atoms with Crippen LogP contribution in [0.1, 0.15) is 38.5 Å². The SMILES string of the molecule is COc1ccc(Cl)cc1N1CCC(NC(=O)C2CC3CCCCC3N2)C1. The number of fused-ring (bicyclic) bond motifs is 1. The van der Waals surface area contributed by atoms with Crippen molar-refractivity contribution in [3.63, 3.8) is 0 Å². The Labute approximate surface area is 160 Å². The van der Waals surface area contributed by atoms with E-state index in [1.54, 1.807) is 7.11 Å². The van der Waals surface area contributed by atoms with Crippen molar-refractivity contribution in [2.75, 3.05) is 25.1 Å². The molecule has 0 spiro atoms. The summed E-state index contributed by atoms with van der Waals surface area (Å²) < 4.78 is 5.47. The number of hydrogen-bond donors (Lipinski definition) is 2. The molecule has 2 heterocycles. The van der Waals surface area contributed by atoms with E-state index in [4.69, 9.17) is 16.3 Å². The minimum absolute atomic E-state index is 0.0159. The standard InChI is InChI=1S/C20H28ClN3O2/c1-26-19-7-6-14(21)11-18(19)24-9-8-15(12-24)22-20(25)17-10-13-4-2-3-5-16(13)23-17/h6-7,11,13,15-17,23H,2-5,8-10,12H2,1H3,(H,22,25). The van der Waals surface area contributed by atoms with Crippen LogP contribution in [0.5, 0.6) is 5.75 Å².